The molecular formula is C19H23N5OS. The molecule has 1 aliphatic rings. The van der Waals surface area contributed by atoms with Crippen LogP contribution in [0.25, 0.3) is 11.0 Å². The molecule has 1 saturated heterocycles. The maximum Gasteiger partial charge on any atom is 0.265 e. The van der Waals surface area contributed by atoms with E-state index in [1.54, 1.807) is 0 Å². The van der Waals surface area contributed by atoms with E-state index in [1.807, 2.05) is 24.9 Å². The van der Waals surface area contributed by atoms with Gasteiger partial charge in [0.15, 0.2) is 5.13 Å². The average molecular weight is 369 g/mol. The highest BCUT2D eigenvalue weighted by Crippen LogP contribution is 2.30. The molecule has 0 aliphatic carbocycles. The molecule has 1 fully saturated rings. The van der Waals surface area contributed by atoms with Gasteiger partial charge in [0.25, 0.3) is 5.91 Å². The van der Waals surface area contributed by atoms with Gasteiger partial charge < -0.3 is 15.2 Å². The fraction of sp³-hybridized carbons (Fsp3) is 0.421. The van der Waals surface area contributed by atoms with Gasteiger partial charge in [-0.3, -0.25) is 4.79 Å². The Morgan fingerprint density at radius 3 is 2.92 bits per heavy atom. The van der Waals surface area contributed by atoms with Gasteiger partial charge in [0.05, 0.1) is 16.7 Å². The molecule has 0 spiro atoms. The third kappa shape index (κ3) is 2.96. The Morgan fingerprint density at radius 1 is 1.35 bits per heavy atom. The first-order chi connectivity index (χ1) is 12.6. The van der Waals surface area contributed by atoms with Crippen LogP contribution in [-0.4, -0.2) is 45.9 Å². The van der Waals surface area contributed by atoms with Crippen LogP contribution in [0.15, 0.2) is 18.2 Å². The van der Waals surface area contributed by atoms with E-state index >= 15 is 0 Å². The molecule has 0 radical (unpaired) electrons. The molecule has 6 nitrogen and oxygen atoms in total. The number of aryl methyl sites for hydroxylation is 2. The van der Waals surface area contributed by atoms with Crippen molar-refractivity contribution in [3.05, 3.63) is 40.2 Å². The molecule has 4 rings (SSSR count). The van der Waals surface area contributed by atoms with Gasteiger partial charge in [-0.2, -0.15) is 0 Å². The van der Waals surface area contributed by atoms with Gasteiger partial charge in [-0.05, 0) is 38.3 Å². The predicted molar refractivity (Wildman–Crippen MR) is 105 cm³/mol. The number of imidazole rings is 1. The molecule has 1 amide bonds. The number of piperidine rings is 1. The van der Waals surface area contributed by atoms with Crippen molar-refractivity contribution in [1.82, 2.24) is 19.9 Å². The standard InChI is InChI=1S/C19H23N5OS/c1-11-6-4-8-14-15(11)23-17(22-14)13-7-5-9-24(10-13)18(25)16-12(2)21-19(20-3)26-16/h4,6,8,13H,5,7,9-10H2,1-3H3,(H,20,21)(H,22,23)/t13-/m1/s1. The summed E-state index contributed by atoms with van der Waals surface area (Å²) in [6, 6.07) is 6.18. The number of carbonyl (C=O) groups is 1. The van der Waals surface area contributed by atoms with Crippen molar-refractivity contribution in [2.24, 2.45) is 0 Å². The number of aromatic nitrogens is 3. The molecular weight excluding hydrogens is 346 g/mol. The number of anilines is 1. The fourth-order valence-electron chi connectivity index (χ4n) is 3.62. The third-order valence-electron chi connectivity index (χ3n) is 5.03. The number of H-pyrrole nitrogens is 1. The van der Waals surface area contributed by atoms with E-state index in [9.17, 15) is 4.79 Å². The second kappa shape index (κ2) is 6.72. The summed E-state index contributed by atoms with van der Waals surface area (Å²) < 4.78 is 0. The Bertz CT molecular complexity index is 960. The van der Waals surface area contributed by atoms with Crippen molar-refractivity contribution < 1.29 is 4.79 Å². The van der Waals surface area contributed by atoms with Crippen LogP contribution in [0.2, 0.25) is 0 Å². The summed E-state index contributed by atoms with van der Waals surface area (Å²) >= 11 is 1.43. The highest BCUT2D eigenvalue weighted by atomic mass is 32.1. The highest BCUT2D eigenvalue weighted by molar-refractivity contribution is 7.17. The largest absolute Gasteiger partial charge is 0.365 e. The summed E-state index contributed by atoms with van der Waals surface area (Å²) in [7, 11) is 1.83. The minimum absolute atomic E-state index is 0.0819. The van der Waals surface area contributed by atoms with Crippen molar-refractivity contribution in [2.45, 2.75) is 32.6 Å². The molecule has 1 aliphatic heterocycles. The van der Waals surface area contributed by atoms with E-state index in [4.69, 9.17) is 4.98 Å². The van der Waals surface area contributed by atoms with Crippen LogP contribution in [0.4, 0.5) is 5.13 Å². The molecule has 7 heteroatoms. The zero-order chi connectivity index (χ0) is 18.3. The summed E-state index contributed by atoms with van der Waals surface area (Å²) in [5.41, 5.74) is 4.07. The number of hydrogen-bond donors (Lipinski definition) is 2. The fourth-order valence-corrected chi connectivity index (χ4v) is 4.51. The molecule has 136 valence electrons. The van der Waals surface area contributed by atoms with Gasteiger partial charge in [0.1, 0.15) is 10.7 Å². The third-order valence-corrected chi connectivity index (χ3v) is 6.20. The van der Waals surface area contributed by atoms with Crippen LogP contribution in [0, 0.1) is 13.8 Å². The molecule has 2 aromatic heterocycles. The summed E-state index contributed by atoms with van der Waals surface area (Å²) in [6.07, 6.45) is 2.04. The maximum absolute atomic E-state index is 13.0. The first-order valence-electron chi connectivity index (χ1n) is 8.96. The van der Waals surface area contributed by atoms with Crippen molar-refractivity contribution in [2.75, 3.05) is 25.5 Å². The number of rotatable bonds is 3. The highest BCUT2D eigenvalue weighted by Gasteiger charge is 2.29. The maximum atomic E-state index is 13.0. The number of amides is 1. The zero-order valence-corrected chi connectivity index (χ0v) is 16.1. The minimum Gasteiger partial charge on any atom is -0.365 e. The number of nitrogens with zero attached hydrogens (tertiary/aromatic N) is 3. The van der Waals surface area contributed by atoms with Crippen molar-refractivity contribution in [3.8, 4) is 0 Å². The van der Waals surface area contributed by atoms with Crippen molar-refractivity contribution in [3.63, 3.8) is 0 Å². The smallest absolute Gasteiger partial charge is 0.265 e. The lowest BCUT2D eigenvalue weighted by molar-refractivity contribution is 0.0709. The van der Waals surface area contributed by atoms with Gasteiger partial charge in [-0.25, -0.2) is 9.97 Å². The first-order valence-corrected chi connectivity index (χ1v) is 9.78. The number of nitrogens with one attached hydrogen (secondary N) is 2. The quantitative estimate of drug-likeness (QED) is 0.738. The molecule has 1 aromatic carbocycles. The van der Waals surface area contributed by atoms with Crippen LogP contribution < -0.4 is 5.32 Å². The summed E-state index contributed by atoms with van der Waals surface area (Å²) in [5, 5.41) is 3.81. The number of carbonyl (C=O) groups excluding carboxylic acids is 1. The van der Waals surface area contributed by atoms with Crippen LogP contribution in [-0.2, 0) is 0 Å². The van der Waals surface area contributed by atoms with Crippen molar-refractivity contribution in [1.29, 1.82) is 0 Å². The van der Waals surface area contributed by atoms with E-state index < -0.39 is 0 Å². The van der Waals surface area contributed by atoms with Crippen molar-refractivity contribution >= 4 is 33.4 Å². The Hall–Kier alpha value is -2.41. The molecule has 1 atom stereocenters. The molecule has 0 saturated carbocycles. The topological polar surface area (TPSA) is 73.9 Å². The van der Waals surface area contributed by atoms with E-state index in [2.05, 4.69) is 34.3 Å². The zero-order valence-electron chi connectivity index (χ0n) is 15.3. The molecule has 0 unspecified atom stereocenters. The van der Waals surface area contributed by atoms with Crippen LogP contribution in [0.3, 0.4) is 0 Å². The van der Waals surface area contributed by atoms with E-state index in [0.717, 1.165) is 51.9 Å². The summed E-state index contributed by atoms with van der Waals surface area (Å²) in [5.74, 6) is 1.32. The number of hydrogen-bond acceptors (Lipinski definition) is 5. The molecule has 2 N–H and O–H groups in total. The molecule has 3 aromatic rings. The van der Waals surface area contributed by atoms with Gasteiger partial charge in [-0.15, -0.1) is 0 Å². The summed E-state index contributed by atoms with van der Waals surface area (Å²) in [6.45, 7) is 5.47. The van der Waals surface area contributed by atoms with Gasteiger partial charge in [0, 0.05) is 26.1 Å². The Morgan fingerprint density at radius 2 is 2.19 bits per heavy atom. The predicted octanol–water partition coefficient (Wildman–Crippen LogP) is 3.70. The van der Waals surface area contributed by atoms with Crippen LogP contribution in [0.5, 0.6) is 0 Å². The number of fused-ring (bicyclic) bond motifs is 1. The van der Waals surface area contributed by atoms with E-state index in [1.165, 1.54) is 16.9 Å². The van der Waals surface area contributed by atoms with Gasteiger partial charge in [-0.1, -0.05) is 23.5 Å². The molecule has 3 heterocycles. The SMILES string of the molecule is CNc1nc(C)c(C(=O)N2CCC[C@@H](c3nc4c(C)cccc4[nH]3)C2)s1. The van der Waals surface area contributed by atoms with Gasteiger partial charge in [0.2, 0.25) is 0 Å². The number of aromatic amines is 1. The van der Waals surface area contributed by atoms with Crippen LogP contribution in [0.1, 0.15) is 45.5 Å². The van der Waals surface area contributed by atoms with E-state index in [-0.39, 0.29) is 11.8 Å². The number of thiazole rings is 1. The van der Waals surface area contributed by atoms with Crippen LogP contribution >= 0.6 is 11.3 Å². The van der Waals surface area contributed by atoms with E-state index in [0.29, 0.717) is 6.54 Å². The lowest BCUT2D eigenvalue weighted by Crippen LogP contribution is -2.39. The lowest BCUT2D eigenvalue weighted by Gasteiger charge is -2.31. The monoisotopic (exact) mass is 369 g/mol. The number of benzene rings is 1. The second-order valence-corrected chi connectivity index (χ2v) is 7.87. The summed E-state index contributed by atoms with van der Waals surface area (Å²) in [4.78, 5) is 28.4. The first kappa shape index (κ1) is 17.0. The average Bonchev–Trinajstić information content (AvgIpc) is 3.25. The number of para-hydroxylation sites is 1. The second-order valence-electron chi connectivity index (χ2n) is 6.87. The molecule has 0 bridgehead atoms. The van der Waals surface area contributed by atoms with Gasteiger partial charge >= 0.3 is 0 Å². The number of likely N-dealkylation sites (tertiary alicyclic amines) is 1. The normalized spacial score (nSPS) is 17.7. The minimum atomic E-state index is 0.0819. The lowest BCUT2D eigenvalue weighted by atomic mass is 9.97. The Balaban J connectivity index is 1.57. The molecule has 26 heavy (non-hydrogen) atoms. The Kier molecular flexibility index (Phi) is 4.40. The Labute approximate surface area is 156 Å².